The van der Waals surface area contributed by atoms with Gasteiger partial charge in [-0.15, -0.1) is 0 Å². The molecule has 0 unspecified atom stereocenters. The molecule has 0 heterocycles. The van der Waals surface area contributed by atoms with E-state index in [1.54, 1.807) is 0 Å². The number of benzene rings is 2. The van der Waals surface area contributed by atoms with E-state index in [9.17, 15) is 0 Å². The molecule has 0 aromatic heterocycles. The van der Waals surface area contributed by atoms with Crippen LogP contribution >= 0.6 is 0 Å². The van der Waals surface area contributed by atoms with Crippen LogP contribution in [0.15, 0.2) is 60.7 Å². The van der Waals surface area contributed by atoms with Crippen LogP contribution in [-0.4, -0.2) is 6.54 Å². The van der Waals surface area contributed by atoms with Crippen LogP contribution < -0.4 is 5.32 Å². The number of hydrogen-bond donors (Lipinski definition) is 1. The average molecular weight is 251 g/mol. The first kappa shape index (κ1) is 13.4. The van der Waals surface area contributed by atoms with E-state index in [0.717, 1.165) is 19.4 Å². The summed E-state index contributed by atoms with van der Waals surface area (Å²) >= 11 is 0. The van der Waals surface area contributed by atoms with Gasteiger partial charge < -0.3 is 5.32 Å². The minimum atomic E-state index is 1.02. The fourth-order valence-corrected chi connectivity index (χ4v) is 2.00. The van der Waals surface area contributed by atoms with Crippen LogP contribution in [0.1, 0.15) is 24.0 Å². The molecule has 0 aliphatic carbocycles. The van der Waals surface area contributed by atoms with Crippen molar-refractivity contribution in [3.63, 3.8) is 0 Å². The summed E-state index contributed by atoms with van der Waals surface area (Å²) in [7, 11) is 0. The van der Waals surface area contributed by atoms with Crippen LogP contribution in [0.25, 0.3) is 6.08 Å². The van der Waals surface area contributed by atoms with Gasteiger partial charge in [-0.2, -0.15) is 0 Å². The van der Waals surface area contributed by atoms with Gasteiger partial charge >= 0.3 is 0 Å². The molecular weight excluding hydrogens is 230 g/mol. The van der Waals surface area contributed by atoms with Gasteiger partial charge in [-0.3, -0.25) is 0 Å². The molecule has 0 saturated carbocycles. The van der Waals surface area contributed by atoms with Crippen LogP contribution in [0.5, 0.6) is 0 Å². The summed E-state index contributed by atoms with van der Waals surface area (Å²) in [5, 5.41) is 3.42. The molecule has 0 saturated heterocycles. The number of unbranched alkanes of at least 4 members (excludes halogenated alkanes) is 1. The molecule has 0 bridgehead atoms. The third-order valence-electron chi connectivity index (χ3n) is 3.00. The summed E-state index contributed by atoms with van der Waals surface area (Å²) < 4.78 is 0. The fourth-order valence-electron chi connectivity index (χ4n) is 2.00. The molecule has 1 N–H and O–H groups in total. The van der Waals surface area contributed by atoms with Crippen LogP contribution in [0.2, 0.25) is 0 Å². The van der Waals surface area contributed by atoms with Gasteiger partial charge in [0.2, 0.25) is 0 Å². The zero-order chi connectivity index (χ0) is 13.3. The molecule has 0 radical (unpaired) electrons. The molecule has 19 heavy (non-hydrogen) atoms. The highest BCUT2D eigenvalue weighted by Crippen LogP contribution is 2.08. The molecule has 98 valence electrons. The number of rotatable bonds is 6. The SMILES string of the molecule is Cc1cccc(/C=C/CCCNc2ccccc2)c1. The van der Waals surface area contributed by atoms with Crippen molar-refractivity contribution in [2.24, 2.45) is 0 Å². The Morgan fingerprint density at radius 3 is 2.63 bits per heavy atom. The third-order valence-corrected chi connectivity index (χ3v) is 3.00. The van der Waals surface area contributed by atoms with Crippen LogP contribution in [-0.2, 0) is 0 Å². The zero-order valence-corrected chi connectivity index (χ0v) is 11.5. The van der Waals surface area contributed by atoms with Gasteiger partial charge in [0.05, 0.1) is 0 Å². The summed E-state index contributed by atoms with van der Waals surface area (Å²) in [4.78, 5) is 0. The molecule has 0 spiro atoms. The Kier molecular flexibility index (Phi) is 5.24. The second-order valence-electron chi connectivity index (χ2n) is 4.75. The zero-order valence-electron chi connectivity index (χ0n) is 11.5. The summed E-state index contributed by atoms with van der Waals surface area (Å²) in [6, 6.07) is 18.9. The maximum absolute atomic E-state index is 3.42. The smallest absolute Gasteiger partial charge is 0.0340 e. The van der Waals surface area contributed by atoms with Gasteiger partial charge in [-0.25, -0.2) is 0 Å². The predicted octanol–water partition coefficient (Wildman–Crippen LogP) is 4.90. The van der Waals surface area contributed by atoms with E-state index in [4.69, 9.17) is 0 Å². The lowest BCUT2D eigenvalue weighted by Crippen LogP contribution is -2.00. The van der Waals surface area contributed by atoms with E-state index in [0.29, 0.717) is 0 Å². The average Bonchev–Trinajstić information content (AvgIpc) is 2.44. The van der Waals surface area contributed by atoms with E-state index < -0.39 is 0 Å². The first-order chi connectivity index (χ1) is 9.34. The standard InChI is InChI=1S/C18H21N/c1-16-9-8-11-17(15-16)10-4-3-7-14-19-18-12-5-2-6-13-18/h2,4-6,8-13,15,19H,3,7,14H2,1H3/b10-4+. The van der Waals surface area contributed by atoms with Crippen LogP contribution in [0.3, 0.4) is 0 Å². The topological polar surface area (TPSA) is 12.0 Å². The second kappa shape index (κ2) is 7.42. The Hall–Kier alpha value is -2.02. The minimum absolute atomic E-state index is 1.02. The van der Waals surface area contributed by atoms with E-state index in [-0.39, 0.29) is 0 Å². The van der Waals surface area contributed by atoms with Crippen molar-refractivity contribution in [2.75, 3.05) is 11.9 Å². The van der Waals surface area contributed by atoms with Crippen LogP contribution in [0.4, 0.5) is 5.69 Å². The molecule has 1 heteroatoms. The second-order valence-corrected chi connectivity index (χ2v) is 4.75. The van der Waals surface area contributed by atoms with Crippen molar-refractivity contribution in [3.8, 4) is 0 Å². The molecule has 2 rings (SSSR count). The lowest BCUT2D eigenvalue weighted by atomic mass is 10.1. The number of hydrogen-bond acceptors (Lipinski definition) is 1. The lowest BCUT2D eigenvalue weighted by molar-refractivity contribution is 0.892. The van der Waals surface area contributed by atoms with Gasteiger partial charge in [0, 0.05) is 12.2 Å². The number of aryl methyl sites for hydroxylation is 1. The van der Waals surface area contributed by atoms with Crippen molar-refractivity contribution >= 4 is 11.8 Å². The van der Waals surface area contributed by atoms with Crippen molar-refractivity contribution < 1.29 is 0 Å². The largest absolute Gasteiger partial charge is 0.385 e. The predicted molar refractivity (Wildman–Crippen MR) is 84.4 cm³/mol. The maximum atomic E-state index is 3.42. The Labute approximate surface area is 116 Å². The lowest BCUT2D eigenvalue weighted by Gasteiger charge is -2.04. The van der Waals surface area contributed by atoms with E-state index in [1.165, 1.54) is 16.8 Å². The molecule has 0 aliphatic rings. The normalized spacial score (nSPS) is 10.8. The molecule has 0 fully saturated rings. The Morgan fingerprint density at radius 1 is 1.00 bits per heavy atom. The highest BCUT2D eigenvalue weighted by atomic mass is 14.9. The monoisotopic (exact) mass is 251 g/mol. The number of anilines is 1. The van der Waals surface area contributed by atoms with Gasteiger partial charge in [0.25, 0.3) is 0 Å². The molecule has 1 nitrogen and oxygen atoms in total. The molecule has 2 aromatic carbocycles. The van der Waals surface area contributed by atoms with Crippen molar-refractivity contribution in [1.29, 1.82) is 0 Å². The van der Waals surface area contributed by atoms with Gasteiger partial charge in [0.1, 0.15) is 0 Å². The third kappa shape index (κ3) is 5.01. The molecule has 0 amide bonds. The summed E-state index contributed by atoms with van der Waals surface area (Å²) in [6.45, 7) is 3.14. The highest BCUT2D eigenvalue weighted by Gasteiger charge is 1.89. The fraction of sp³-hybridized carbons (Fsp3) is 0.222. The van der Waals surface area contributed by atoms with Crippen molar-refractivity contribution in [2.45, 2.75) is 19.8 Å². The maximum Gasteiger partial charge on any atom is 0.0340 e. The number of nitrogens with one attached hydrogen (secondary N) is 1. The van der Waals surface area contributed by atoms with Gasteiger partial charge in [-0.1, -0.05) is 60.2 Å². The van der Waals surface area contributed by atoms with E-state index in [2.05, 4.69) is 72.9 Å². The van der Waals surface area contributed by atoms with Crippen molar-refractivity contribution in [3.05, 3.63) is 71.8 Å². The van der Waals surface area contributed by atoms with Gasteiger partial charge in [-0.05, 0) is 37.5 Å². The van der Waals surface area contributed by atoms with E-state index >= 15 is 0 Å². The highest BCUT2D eigenvalue weighted by molar-refractivity contribution is 5.50. The minimum Gasteiger partial charge on any atom is -0.385 e. The number of para-hydroxylation sites is 1. The molecule has 2 aromatic rings. The molecule has 0 aliphatic heterocycles. The number of allylic oxidation sites excluding steroid dienone is 1. The Balaban J connectivity index is 1.67. The Morgan fingerprint density at radius 2 is 1.84 bits per heavy atom. The Bertz CT molecular complexity index is 514. The first-order valence-electron chi connectivity index (χ1n) is 6.87. The van der Waals surface area contributed by atoms with Gasteiger partial charge in [0.15, 0.2) is 0 Å². The summed E-state index contributed by atoms with van der Waals surface area (Å²) in [5.74, 6) is 0. The van der Waals surface area contributed by atoms with Crippen molar-refractivity contribution in [1.82, 2.24) is 0 Å². The molecular formula is C18H21N. The molecule has 0 atom stereocenters. The van der Waals surface area contributed by atoms with Crippen LogP contribution in [0, 0.1) is 6.92 Å². The summed E-state index contributed by atoms with van der Waals surface area (Å²) in [6.07, 6.45) is 6.71. The van der Waals surface area contributed by atoms with E-state index in [1.807, 2.05) is 6.07 Å². The first-order valence-corrected chi connectivity index (χ1v) is 6.87. The summed E-state index contributed by atoms with van der Waals surface area (Å²) in [5.41, 5.74) is 3.80. The quantitative estimate of drug-likeness (QED) is 0.720.